The maximum Gasteiger partial charge on any atom is 0.234 e. The maximum absolute atomic E-state index is 12.2. The fourth-order valence-corrected chi connectivity index (χ4v) is 3.69. The predicted octanol–water partition coefficient (Wildman–Crippen LogP) is 4.31. The Balaban J connectivity index is 1.46. The molecule has 0 saturated carbocycles. The summed E-state index contributed by atoms with van der Waals surface area (Å²) in [5, 5.41) is 13.0. The monoisotopic (exact) mass is 444 g/mol. The normalized spacial score (nSPS) is 11.0. The van der Waals surface area contributed by atoms with E-state index in [4.69, 9.17) is 23.2 Å². The Bertz CT molecular complexity index is 1170. The fraction of sp³-hybridized carbons (Fsp3) is 0.105. The Kier molecular flexibility index (Phi) is 5.94. The summed E-state index contributed by atoms with van der Waals surface area (Å²) in [5.41, 5.74) is 2.83. The van der Waals surface area contributed by atoms with Crippen LogP contribution in [-0.4, -0.2) is 36.6 Å². The largest absolute Gasteiger partial charge is 0.325 e. The molecular formula is C19H14Cl2N6OS. The molecule has 10 heteroatoms. The van der Waals surface area contributed by atoms with Crippen molar-refractivity contribution in [1.82, 2.24) is 25.0 Å². The summed E-state index contributed by atoms with van der Waals surface area (Å²) >= 11 is 13.1. The number of halogens is 2. The van der Waals surface area contributed by atoms with Gasteiger partial charge in [0.1, 0.15) is 11.4 Å². The number of thioether (sulfide) groups is 1. The molecule has 2 aromatic heterocycles. The first-order chi connectivity index (χ1) is 14.1. The van der Waals surface area contributed by atoms with Gasteiger partial charge in [-0.05, 0) is 35.9 Å². The molecule has 0 radical (unpaired) electrons. The lowest BCUT2D eigenvalue weighted by molar-refractivity contribution is -0.113. The molecule has 2 aromatic carbocycles. The van der Waals surface area contributed by atoms with Crippen molar-refractivity contribution in [2.45, 2.75) is 11.6 Å². The second-order valence-electron chi connectivity index (χ2n) is 6.07. The number of aromatic nitrogens is 5. The molecule has 0 atom stereocenters. The molecule has 1 N–H and O–H groups in total. The third-order valence-corrected chi connectivity index (χ3v) is 5.43. The number of nitrogens with zero attached hydrogens (tertiary/aromatic N) is 5. The number of anilines is 1. The average molecular weight is 445 g/mol. The first kappa shape index (κ1) is 19.6. The summed E-state index contributed by atoms with van der Waals surface area (Å²) in [6.07, 6.45) is 1.45. The highest BCUT2D eigenvalue weighted by Gasteiger charge is 2.14. The van der Waals surface area contributed by atoms with Gasteiger partial charge in [0.05, 0.1) is 12.3 Å². The molecule has 0 spiro atoms. The summed E-state index contributed by atoms with van der Waals surface area (Å²) < 4.78 is 1.69. The SMILES string of the molecule is O=C(CSc1ncnc2c1nnn2Cc1ccc(Cl)cc1)Nc1cccc(Cl)c1. The minimum absolute atomic E-state index is 0.169. The number of amides is 1. The highest BCUT2D eigenvalue weighted by Crippen LogP contribution is 2.23. The third kappa shape index (κ3) is 4.84. The molecule has 0 unspecified atom stereocenters. The zero-order chi connectivity index (χ0) is 20.2. The number of nitrogens with one attached hydrogen (secondary N) is 1. The van der Waals surface area contributed by atoms with Crippen molar-refractivity contribution in [1.29, 1.82) is 0 Å². The molecule has 0 fully saturated rings. The number of carbonyl (C=O) groups excluding carboxylic acids is 1. The quantitative estimate of drug-likeness (QED) is 0.352. The molecule has 2 heterocycles. The van der Waals surface area contributed by atoms with Gasteiger partial charge in [0.15, 0.2) is 11.2 Å². The van der Waals surface area contributed by atoms with E-state index in [1.54, 1.807) is 28.9 Å². The van der Waals surface area contributed by atoms with Crippen LogP contribution in [0.2, 0.25) is 10.0 Å². The van der Waals surface area contributed by atoms with Gasteiger partial charge in [0, 0.05) is 15.7 Å². The Labute approximate surface area is 180 Å². The van der Waals surface area contributed by atoms with E-state index < -0.39 is 0 Å². The highest BCUT2D eigenvalue weighted by atomic mass is 35.5. The summed E-state index contributed by atoms with van der Waals surface area (Å²) in [6.45, 7) is 0.504. The smallest absolute Gasteiger partial charge is 0.234 e. The highest BCUT2D eigenvalue weighted by molar-refractivity contribution is 8.00. The topological polar surface area (TPSA) is 85.6 Å². The van der Waals surface area contributed by atoms with Gasteiger partial charge in [-0.2, -0.15) is 0 Å². The molecule has 146 valence electrons. The van der Waals surface area contributed by atoms with Crippen molar-refractivity contribution < 1.29 is 4.79 Å². The van der Waals surface area contributed by atoms with Crippen LogP contribution < -0.4 is 5.32 Å². The van der Waals surface area contributed by atoms with E-state index in [-0.39, 0.29) is 11.7 Å². The van der Waals surface area contributed by atoms with Crippen LogP contribution in [-0.2, 0) is 11.3 Å². The molecule has 0 aliphatic carbocycles. The molecule has 29 heavy (non-hydrogen) atoms. The van der Waals surface area contributed by atoms with E-state index in [0.717, 1.165) is 5.56 Å². The number of hydrogen-bond acceptors (Lipinski definition) is 6. The van der Waals surface area contributed by atoms with E-state index in [0.29, 0.717) is 38.5 Å². The molecule has 0 aliphatic heterocycles. The first-order valence-corrected chi connectivity index (χ1v) is 10.3. The van der Waals surface area contributed by atoms with Crippen LogP contribution in [0.1, 0.15) is 5.56 Å². The second kappa shape index (κ2) is 8.77. The second-order valence-corrected chi connectivity index (χ2v) is 7.91. The van der Waals surface area contributed by atoms with Crippen LogP contribution in [0, 0.1) is 0 Å². The first-order valence-electron chi connectivity index (χ1n) is 8.55. The zero-order valence-corrected chi connectivity index (χ0v) is 17.2. The lowest BCUT2D eigenvalue weighted by atomic mass is 10.2. The van der Waals surface area contributed by atoms with E-state index in [2.05, 4.69) is 25.6 Å². The van der Waals surface area contributed by atoms with Crippen LogP contribution in [0.4, 0.5) is 5.69 Å². The Morgan fingerprint density at radius 3 is 2.69 bits per heavy atom. The van der Waals surface area contributed by atoms with Crippen LogP contribution in [0.3, 0.4) is 0 Å². The summed E-state index contributed by atoms with van der Waals surface area (Å²) in [7, 11) is 0. The predicted molar refractivity (Wildman–Crippen MR) is 114 cm³/mol. The standard InChI is InChI=1S/C19H14Cl2N6OS/c20-13-6-4-12(5-7-13)9-27-18-17(25-26-27)19(23-11-22-18)29-10-16(28)24-15-3-1-2-14(21)8-15/h1-8,11H,9-10H2,(H,24,28). The van der Waals surface area contributed by atoms with Gasteiger partial charge in [0.25, 0.3) is 0 Å². The van der Waals surface area contributed by atoms with Crippen molar-refractivity contribution in [2.24, 2.45) is 0 Å². The Morgan fingerprint density at radius 2 is 1.90 bits per heavy atom. The number of rotatable bonds is 6. The van der Waals surface area contributed by atoms with Gasteiger partial charge in [-0.3, -0.25) is 4.79 Å². The van der Waals surface area contributed by atoms with E-state index in [1.165, 1.54) is 18.1 Å². The Morgan fingerprint density at radius 1 is 1.07 bits per heavy atom. The molecule has 4 rings (SSSR count). The summed E-state index contributed by atoms with van der Waals surface area (Å²) in [4.78, 5) is 20.8. The van der Waals surface area contributed by atoms with E-state index in [9.17, 15) is 4.79 Å². The third-order valence-electron chi connectivity index (χ3n) is 3.96. The van der Waals surface area contributed by atoms with Gasteiger partial charge < -0.3 is 5.32 Å². The van der Waals surface area contributed by atoms with Crippen molar-refractivity contribution in [3.05, 3.63) is 70.5 Å². The van der Waals surface area contributed by atoms with E-state index in [1.807, 2.05) is 24.3 Å². The van der Waals surface area contributed by atoms with Crippen molar-refractivity contribution in [3.63, 3.8) is 0 Å². The van der Waals surface area contributed by atoms with Crippen LogP contribution >= 0.6 is 35.0 Å². The average Bonchev–Trinajstić information content (AvgIpc) is 3.12. The van der Waals surface area contributed by atoms with E-state index >= 15 is 0 Å². The number of carbonyl (C=O) groups is 1. The summed E-state index contributed by atoms with van der Waals surface area (Å²) in [5.74, 6) is 0.000414. The molecule has 4 aromatic rings. The minimum atomic E-state index is -0.169. The Hall–Kier alpha value is -2.68. The van der Waals surface area contributed by atoms with Gasteiger partial charge in [-0.25, -0.2) is 14.6 Å². The van der Waals surface area contributed by atoms with Gasteiger partial charge in [-0.1, -0.05) is 58.4 Å². The maximum atomic E-state index is 12.2. The number of benzene rings is 2. The lowest BCUT2D eigenvalue weighted by Gasteiger charge is -2.05. The van der Waals surface area contributed by atoms with Crippen LogP contribution in [0.5, 0.6) is 0 Å². The molecule has 0 bridgehead atoms. The number of fused-ring (bicyclic) bond motifs is 1. The van der Waals surface area contributed by atoms with Crippen molar-refractivity contribution >= 4 is 57.7 Å². The van der Waals surface area contributed by atoms with Gasteiger partial charge in [-0.15, -0.1) is 5.10 Å². The van der Waals surface area contributed by atoms with Crippen molar-refractivity contribution in [2.75, 3.05) is 11.1 Å². The van der Waals surface area contributed by atoms with Gasteiger partial charge in [0.2, 0.25) is 5.91 Å². The van der Waals surface area contributed by atoms with Gasteiger partial charge >= 0.3 is 0 Å². The number of hydrogen-bond donors (Lipinski definition) is 1. The van der Waals surface area contributed by atoms with Crippen molar-refractivity contribution in [3.8, 4) is 0 Å². The minimum Gasteiger partial charge on any atom is -0.325 e. The molecule has 0 saturated heterocycles. The lowest BCUT2D eigenvalue weighted by Crippen LogP contribution is -2.14. The van der Waals surface area contributed by atoms with Crippen LogP contribution in [0.25, 0.3) is 11.2 Å². The fourth-order valence-electron chi connectivity index (χ4n) is 2.64. The zero-order valence-electron chi connectivity index (χ0n) is 14.9. The summed E-state index contributed by atoms with van der Waals surface area (Å²) in [6, 6.07) is 14.5. The molecule has 0 aliphatic rings. The van der Waals surface area contributed by atoms with Crippen LogP contribution in [0.15, 0.2) is 59.9 Å². The molecule has 1 amide bonds. The molecular weight excluding hydrogens is 431 g/mol. The molecule has 7 nitrogen and oxygen atoms in total.